The van der Waals surface area contributed by atoms with Crippen LogP contribution in [0.25, 0.3) is 33.5 Å². The Hall–Kier alpha value is -3.27. The van der Waals surface area contributed by atoms with Crippen LogP contribution in [0.15, 0.2) is 66.7 Å². The molecule has 0 bridgehead atoms. The van der Waals surface area contributed by atoms with E-state index in [2.05, 4.69) is 34.2 Å². The molecule has 0 aliphatic heterocycles. The van der Waals surface area contributed by atoms with Gasteiger partial charge in [0.15, 0.2) is 0 Å². The van der Waals surface area contributed by atoms with Gasteiger partial charge in [-0.1, -0.05) is 36.4 Å². The standard InChI is InChI=1S/C19H16N4/c20-15-8-6-14(10-16(15)21)19-22-17-9-7-13(11-18(17)23-19)12-4-2-1-3-5-12/h1-11H,20-21H2,(H,22,23). The van der Waals surface area contributed by atoms with Crippen molar-refractivity contribution in [2.24, 2.45) is 0 Å². The summed E-state index contributed by atoms with van der Waals surface area (Å²) in [6, 6.07) is 22.1. The topological polar surface area (TPSA) is 80.7 Å². The van der Waals surface area contributed by atoms with Crippen LogP contribution in [0, 0.1) is 0 Å². The minimum atomic E-state index is 0.563. The van der Waals surface area contributed by atoms with Crippen LogP contribution < -0.4 is 11.5 Å². The van der Waals surface area contributed by atoms with E-state index in [0.717, 1.165) is 28.0 Å². The first kappa shape index (κ1) is 13.4. The number of aromatic nitrogens is 2. The lowest BCUT2D eigenvalue weighted by atomic mass is 10.1. The first-order chi connectivity index (χ1) is 11.2. The van der Waals surface area contributed by atoms with E-state index in [9.17, 15) is 0 Å². The van der Waals surface area contributed by atoms with Gasteiger partial charge in [-0.25, -0.2) is 4.98 Å². The maximum atomic E-state index is 5.89. The predicted octanol–water partition coefficient (Wildman–Crippen LogP) is 4.06. The second kappa shape index (κ2) is 5.18. The number of nitrogens with zero attached hydrogens (tertiary/aromatic N) is 1. The third-order valence-electron chi connectivity index (χ3n) is 3.95. The molecule has 0 atom stereocenters. The van der Waals surface area contributed by atoms with Crippen LogP contribution in [-0.4, -0.2) is 9.97 Å². The number of H-pyrrole nitrogens is 1. The van der Waals surface area contributed by atoms with E-state index in [0.29, 0.717) is 11.4 Å². The Morgan fingerprint density at radius 1 is 0.696 bits per heavy atom. The van der Waals surface area contributed by atoms with Gasteiger partial charge in [-0.05, 0) is 41.5 Å². The molecule has 0 spiro atoms. The van der Waals surface area contributed by atoms with E-state index in [1.54, 1.807) is 6.07 Å². The zero-order chi connectivity index (χ0) is 15.8. The van der Waals surface area contributed by atoms with Crippen molar-refractivity contribution in [1.29, 1.82) is 0 Å². The summed E-state index contributed by atoms with van der Waals surface area (Å²) in [4.78, 5) is 8.00. The first-order valence-electron chi connectivity index (χ1n) is 7.41. The highest BCUT2D eigenvalue weighted by Gasteiger charge is 2.08. The van der Waals surface area contributed by atoms with E-state index in [1.807, 2.05) is 36.4 Å². The van der Waals surface area contributed by atoms with Crippen molar-refractivity contribution in [2.45, 2.75) is 0 Å². The Labute approximate surface area is 133 Å². The van der Waals surface area contributed by atoms with Gasteiger partial charge in [0.05, 0.1) is 22.4 Å². The molecule has 1 heterocycles. The van der Waals surface area contributed by atoms with Gasteiger partial charge in [0, 0.05) is 5.56 Å². The van der Waals surface area contributed by atoms with E-state index < -0.39 is 0 Å². The van der Waals surface area contributed by atoms with Crippen LogP contribution in [0.1, 0.15) is 0 Å². The van der Waals surface area contributed by atoms with Gasteiger partial charge in [0.1, 0.15) is 5.82 Å². The average Bonchev–Trinajstić information content (AvgIpc) is 3.01. The van der Waals surface area contributed by atoms with Crippen molar-refractivity contribution < 1.29 is 0 Å². The highest BCUT2D eigenvalue weighted by Crippen LogP contribution is 2.28. The molecule has 4 aromatic rings. The zero-order valence-electron chi connectivity index (χ0n) is 12.5. The maximum absolute atomic E-state index is 5.89. The minimum absolute atomic E-state index is 0.563. The Kier molecular flexibility index (Phi) is 3.01. The quantitative estimate of drug-likeness (QED) is 0.488. The number of nitrogens with one attached hydrogen (secondary N) is 1. The van der Waals surface area contributed by atoms with E-state index in [1.165, 1.54) is 5.56 Å². The number of hydrogen-bond donors (Lipinski definition) is 3. The molecule has 0 aliphatic carbocycles. The number of nitrogen functional groups attached to an aromatic ring is 2. The lowest BCUT2D eigenvalue weighted by molar-refractivity contribution is 1.34. The molecule has 0 radical (unpaired) electrons. The van der Waals surface area contributed by atoms with Crippen LogP contribution in [0.3, 0.4) is 0 Å². The van der Waals surface area contributed by atoms with Gasteiger partial charge in [-0.3, -0.25) is 0 Å². The number of hydrogen-bond acceptors (Lipinski definition) is 3. The first-order valence-corrected chi connectivity index (χ1v) is 7.41. The van der Waals surface area contributed by atoms with Crippen molar-refractivity contribution in [1.82, 2.24) is 9.97 Å². The number of rotatable bonds is 2. The normalized spacial score (nSPS) is 11.0. The number of fused-ring (bicyclic) bond motifs is 1. The maximum Gasteiger partial charge on any atom is 0.138 e. The van der Waals surface area contributed by atoms with Crippen molar-refractivity contribution >= 4 is 22.4 Å². The molecule has 0 saturated carbocycles. The molecule has 0 fully saturated rings. The molecule has 0 saturated heterocycles. The molecular weight excluding hydrogens is 284 g/mol. The van der Waals surface area contributed by atoms with Crippen LogP contribution in [-0.2, 0) is 0 Å². The van der Waals surface area contributed by atoms with Gasteiger partial charge in [0.25, 0.3) is 0 Å². The second-order valence-corrected chi connectivity index (χ2v) is 5.53. The Morgan fingerprint density at radius 2 is 1.48 bits per heavy atom. The lowest BCUT2D eigenvalue weighted by Crippen LogP contribution is -1.94. The molecule has 0 amide bonds. The summed E-state index contributed by atoms with van der Waals surface area (Å²) in [7, 11) is 0. The van der Waals surface area contributed by atoms with Gasteiger partial charge in [-0.2, -0.15) is 0 Å². The molecule has 23 heavy (non-hydrogen) atoms. The molecule has 5 N–H and O–H groups in total. The van der Waals surface area contributed by atoms with E-state index in [4.69, 9.17) is 11.5 Å². The summed E-state index contributed by atoms with van der Waals surface area (Å²) in [5.41, 5.74) is 18.0. The Balaban J connectivity index is 1.80. The second-order valence-electron chi connectivity index (χ2n) is 5.53. The minimum Gasteiger partial charge on any atom is -0.397 e. The fraction of sp³-hybridized carbons (Fsp3) is 0. The summed E-state index contributed by atoms with van der Waals surface area (Å²) in [5.74, 6) is 0.789. The number of aromatic amines is 1. The molecule has 4 rings (SSSR count). The SMILES string of the molecule is Nc1ccc(-c2nc3ccc(-c4ccccc4)cc3[nH]2)cc1N. The van der Waals surface area contributed by atoms with Crippen molar-refractivity contribution in [2.75, 3.05) is 11.5 Å². The lowest BCUT2D eigenvalue weighted by Gasteiger charge is -2.02. The molecule has 3 aromatic carbocycles. The van der Waals surface area contributed by atoms with Crippen LogP contribution >= 0.6 is 0 Å². The van der Waals surface area contributed by atoms with Gasteiger partial charge < -0.3 is 16.5 Å². The van der Waals surface area contributed by atoms with Gasteiger partial charge in [0.2, 0.25) is 0 Å². The fourth-order valence-corrected chi connectivity index (χ4v) is 2.68. The predicted molar refractivity (Wildman–Crippen MR) is 95.8 cm³/mol. The molecular formula is C19H16N4. The van der Waals surface area contributed by atoms with Crippen molar-refractivity contribution in [3.8, 4) is 22.5 Å². The van der Waals surface area contributed by atoms with Crippen LogP contribution in [0.2, 0.25) is 0 Å². The summed E-state index contributed by atoms with van der Waals surface area (Å²) >= 11 is 0. The number of anilines is 2. The van der Waals surface area contributed by atoms with E-state index in [-0.39, 0.29) is 0 Å². The summed E-state index contributed by atoms with van der Waals surface area (Å²) in [6.07, 6.45) is 0. The summed E-state index contributed by atoms with van der Waals surface area (Å²) < 4.78 is 0. The van der Waals surface area contributed by atoms with Gasteiger partial charge >= 0.3 is 0 Å². The number of imidazole rings is 1. The summed E-state index contributed by atoms with van der Waals surface area (Å²) in [5, 5.41) is 0. The monoisotopic (exact) mass is 300 g/mol. The number of nitrogens with two attached hydrogens (primary N) is 2. The Bertz CT molecular complexity index is 987. The molecule has 4 nitrogen and oxygen atoms in total. The van der Waals surface area contributed by atoms with E-state index >= 15 is 0 Å². The molecule has 0 unspecified atom stereocenters. The third-order valence-corrected chi connectivity index (χ3v) is 3.95. The Morgan fingerprint density at radius 3 is 2.26 bits per heavy atom. The van der Waals surface area contributed by atoms with Crippen LogP contribution in [0.4, 0.5) is 11.4 Å². The molecule has 4 heteroatoms. The fourth-order valence-electron chi connectivity index (χ4n) is 2.68. The average molecular weight is 300 g/mol. The third kappa shape index (κ3) is 2.40. The largest absolute Gasteiger partial charge is 0.397 e. The molecule has 0 aliphatic rings. The highest BCUT2D eigenvalue weighted by molar-refractivity contribution is 5.85. The summed E-state index contributed by atoms with van der Waals surface area (Å²) in [6.45, 7) is 0. The molecule has 1 aromatic heterocycles. The highest BCUT2D eigenvalue weighted by atomic mass is 14.9. The molecule has 112 valence electrons. The van der Waals surface area contributed by atoms with Crippen molar-refractivity contribution in [3.05, 3.63) is 66.7 Å². The zero-order valence-corrected chi connectivity index (χ0v) is 12.5. The smallest absolute Gasteiger partial charge is 0.138 e. The van der Waals surface area contributed by atoms with Crippen molar-refractivity contribution in [3.63, 3.8) is 0 Å². The van der Waals surface area contributed by atoms with Gasteiger partial charge in [-0.15, -0.1) is 0 Å². The van der Waals surface area contributed by atoms with Crippen LogP contribution in [0.5, 0.6) is 0 Å². The number of benzene rings is 3.